The van der Waals surface area contributed by atoms with Gasteiger partial charge in [-0.3, -0.25) is 9.48 Å². The number of benzene rings is 2. The van der Waals surface area contributed by atoms with Crippen LogP contribution in [0.3, 0.4) is 0 Å². The summed E-state index contributed by atoms with van der Waals surface area (Å²) < 4.78 is 1.75. The summed E-state index contributed by atoms with van der Waals surface area (Å²) in [5.74, 6) is -0.109. The van der Waals surface area contributed by atoms with Gasteiger partial charge >= 0.3 is 0 Å². The average Bonchev–Trinajstić information content (AvgIpc) is 2.91. The van der Waals surface area contributed by atoms with Crippen molar-refractivity contribution in [2.75, 3.05) is 0 Å². The Hall–Kier alpha value is -2.62. The van der Waals surface area contributed by atoms with Crippen molar-refractivity contribution in [2.24, 2.45) is 7.05 Å². The maximum atomic E-state index is 12.5. The van der Waals surface area contributed by atoms with Gasteiger partial charge in [0.05, 0.1) is 5.52 Å². The molecule has 1 aromatic heterocycles. The number of hydrogen-bond donors (Lipinski definition) is 1. The van der Waals surface area contributed by atoms with Crippen molar-refractivity contribution in [1.82, 2.24) is 15.1 Å². The number of hydrogen-bond acceptors (Lipinski definition) is 2. The van der Waals surface area contributed by atoms with Gasteiger partial charge in [-0.1, -0.05) is 48.5 Å². The molecule has 4 nitrogen and oxygen atoms in total. The van der Waals surface area contributed by atoms with Crippen LogP contribution in [0.1, 0.15) is 29.4 Å². The maximum absolute atomic E-state index is 12.5. The van der Waals surface area contributed by atoms with E-state index < -0.39 is 0 Å². The number of carbonyl (C=O) groups excluding carboxylic acids is 1. The zero-order valence-corrected chi connectivity index (χ0v) is 13.5. The summed E-state index contributed by atoms with van der Waals surface area (Å²) in [6.45, 7) is 2.03. The third-order valence-corrected chi connectivity index (χ3v) is 4.06. The largest absolute Gasteiger partial charge is 0.348 e. The molecule has 0 fully saturated rings. The topological polar surface area (TPSA) is 46.9 Å². The van der Waals surface area contributed by atoms with E-state index in [4.69, 9.17) is 0 Å². The molecule has 0 aliphatic carbocycles. The molecular weight excluding hydrogens is 286 g/mol. The molecular formula is C19H21N3O. The lowest BCUT2D eigenvalue weighted by Crippen LogP contribution is -2.33. The van der Waals surface area contributed by atoms with Crippen LogP contribution in [0.4, 0.5) is 0 Å². The Morgan fingerprint density at radius 3 is 2.61 bits per heavy atom. The minimum Gasteiger partial charge on any atom is -0.348 e. The minimum atomic E-state index is -0.109. The fourth-order valence-electron chi connectivity index (χ4n) is 2.77. The number of para-hydroxylation sites is 1. The molecule has 1 atom stereocenters. The molecule has 0 radical (unpaired) electrons. The first-order valence-corrected chi connectivity index (χ1v) is 7.91. The second kappa shape index (κ2) is 6.65. The van der Waals surface area contributed by atoms with Crippen LogP contribution in [0.15, 0.2) is 54.6 Å². The van der Waals surface area contributed by atoms with E-state index >= 15 is 0 Å². The van der Waals surface area contributed by atoms with Crippen LogP contribution in [0.2, 0.25) is 0 Å². The van der Waals surface area contributed by atoms with E-state index in [1.54, 1.807) is 4.68 Å². The second-order valence-electron chi connectivity index (χ2n) is 5.89. The summed E-state index contributed by atoms with van der Waals surface area (Å²) in [5.41, 5.74) is 2.75. The van der Waals surface area contributed by atoms with Gasteiger partial charge in [0.15, 0.2) is 5.69 Å². The highest BCUT2D eigenvalue weighted by molar-refractivity contribution is 6.04. The first-order valence-electron chi connectivity index (χ1n) is 7.91. The van der Waals surface area contributed by atoms with Crippen molar-refractivity contribution in [1.29, 1.82) is 0 Å². The van der Waals surface area contributed by atoms with E-state index in [-0.39, 0.29) is 11.9 Å². The zero-order chi connectivity index (χ0) is 16.2. The molecule has 0 aliphatic rings. The summed E-state index contributed by atoms with van der Waals surface area (Å²) in [5, 5.41) is 8.31. The molecule has 23 heavy (non-hydrogen) atoms. The van der Waals surface area contributed by atoms with E-state index in [9.17, 15) is 4.79 Å². The molecule has 4 heteroatoms. The predicted octanol–water partition coefficient (Wildman–Crippen LogP) is 3.32. The fourth-order valence-corrected chi connectivity index (χ4v) is 2.77. The Labute approximate surface area is 136 Å². The van der Waals surface area contributed by atoms with Crippen LogP contribution in [0, 0.1) is 0 Å². The van der Waals surface area contributed by atoms with E-state index in [0.717, 1.165) is 23.7 Å². The summed E-state index contributed by atoms with van der Waals surface area (Å²) in [4.78, 5) is 12.5. The van der Waals surface area contributed by atoms with Crippen molar-refractivity contribution in [3.63, 3.8) is 0 Å². The Morgan fingerprint density at radius 1 is 1.13 bits per heavy atom. The van der Waals surface area contributed by atoms with Crippen LogP contribution in [-0.2, 0) is 13.5 Å². The fraction of sp³-hybridized carbons (Fsp3) is 0.263. The molecule has 2 aromatic carbocycles. The number of aromatic nitrogens is 2. The Balaban J connectivity index is 1.66. The van der Waals surface area contributed by atoms with Gasteiger partial charge in [0.25, 0.3) is 5.91 Å². The molecule has 0 spiro atoms. The number of aryl methyl sites for hydroxylation is 2. The van der Waals surface area contributed by atoms with Crippen molar-refractivity contribution in [2.45, 2.75) is 25.8 Å². The highest BCUT2D eigenvalue weighted by atomic mass is 16.2. The quantitative estimate of drug-likeness (QED) is 0.786. The number of fused-ring (bicyclic) bond motifs is 1. The smallest absolute Gasteiger partial charge is 0.272 e. The van der Waals surface area contributed by atoms with Gasteiger partial charge in [0, 0.05) is 18.5 Å². The van der Waals surface area contributed by atoms with Crippen LogP contribution < -0.4 is 5.32 Å². The normalized spacial score (nSPS) is 12.3. The lowest BCUT2D eigenvalue weighted by atomic mass is 10.1. The molecule has 0 unspecified atom stereocenters. The lowest BCUT2D eigenvalue weighted by Gasteiger charge is -2.13. The highest BCUT2D eigenvalue weighted by Crippen LogP contribution is 2.17. The molecule has 0 saturated heterocycles. The highest BCUT2D eigenvalue weighted by Gasteiger charge is 2.17. The van der Waals surface area contributed by atoms with Gasteiger partial charge in [0.1, 0.15) is 0 Å². The SMILES string of the molecule is C[C@H](CCc1ccccc1)NC(=O)c1nn(C)c2ccccc12. The lowest BCUT2D eigenvalue weighted by molar-refractivity contribution is 0.0934. The molecule has 3 rings (SSSR count). The number of nitrogens with zero attached hydrogens (tertiary/aromatic N) is 2. The monoisotopic (exact) mass is 307 g/mol. The van der Waals surface area contributed by atoms with E-state index in [2.05, 4.69) is 22.5 Å². The molecule has 0 bridgehead atoms. The third kappa shape index (κ3) is 3.42. The first-order chi connectivity index (χ1) is 11.1. The Bertz CT molecular complexity index is 808. The van der Waals surface area contributed by atoms with Gasteiger partial charge < -0.3 is 5.32 Å². The van der Waals surface area contributed by atoms with E-state index in [1.165, 1.54) is 5.56 Å². The Morgan fingerprint density at radius 2 is 1.83 bits per heavy atom. The minimum absolute atomic E-state index is 0.100. The van der Waals surface area contributed by atoms with E-state index in [0.29, 0.717) is 5.69 Å². The van der Waals surface area contributed by atoms with Crippen molar-refractivity contribution in [3.8, 4) is 0 Å². The average molecular weight is 307 g/mol. The molecule has 1 heterocycles. The molecule has 0 saturated carbocycles. The van der Waals surface area contributed by atoms with Crippen LogP contribution in [0.25, 0.3) is 10.9 Å². The van der Waals surface area contributed by atoms with Crippen LogP contribution >= 0.6 is 0 Å². The van der Waals surface area contributed by atoms with Crippen molar-refractivity contribution in [3.05, 3.63) is 65.9 Å². The van der Waals surface area contributed by atoms with Gasteiger partial charge in [-0.15, -0.1) is 0 Å². The molecule has 0 aliphatic heterocycles. The molecule has 3 aromatic rings. The predicted molar refractivity (Wildman–Crippen MR) is 92.4 cm³/mol. The first kappa shape index (κ1) is 15.3. The summed E-state index contributed by atoms with van der Waals surface area (Å²) >= 11 is 0. The standard InChI is InChI=1S/C19H21N3O/c1-14(12-13-15-8-4-3-5-9-15)20-19(23)18-16-10-6-7-11-17(16)22(2)21-18/h3-11,14H,12-13H2,1-2H3,(H,20,23)/t14-/m1/s1. The molecule has 1 amide bonds. The van der Waals surface area contributed by atoms with Crippen molar-refractivity contribution < 1.29 is 4.79 Å². The summed E-state index contributed by atoms with van der Waals surface area (Å²) in [6.07, 6.45) is 1.85. The summed E-state index contributed by atoms with van der Waals surface area (Å²) in [7, 11) is 1.86. The Kier molecular flexibility index (Phi) is 4.42. The number of rotatable bonds is 5. The van der Waals surface area contributed by atoms with E-state index in [1.807, 2.05) is 56.4 Å². The number of amides is 1. The number of nitrogens with one attached hydrogen (secondary N) is 1. The number of carbonyl (C=O) groups is 1. The molecule has 118 valence electrons. The van der Waals surface area contributed by atoms with Gasteiger partial charge in [-0.25, -0.2) is 0 Å². The van der Waals surface area contributed by atoms with Crippen LogP contribution in [-0.4, -0.2) is 21.7 Å². The van der Waals surface area contributed by atoms with Gasteiger partial charge in [-0.2, -0.15) is 5.10 Å². The second-order valence-corrected chi connectivity index (χ2v) is 5.89. The van der Waals surface area contributed by atoms with Gasteiger partial charge in [-0.05, 0) is 31.4 Å². The van der Waals surface area contributed by atoms with Gasteiger partial charge in [0.2, 0.25) is 0 Å². The summed E-state index contributed by atoms with van der Waals surface area (Å²) in [6, 6.07) is 18.2. The maximum Gasteiger partial charge on any atom is 0.272 e. The zero-order valence-electron chi connectivity index (χ0n) is 13.5. The van der Waals surface area contributed by atoms with Crippen molar-refractivity contribution >= 4 is 16.8 Å². The molecule has 1 N–H and O–H groups in total. The van der Waals surface area contributed by atoms with Crippen LogP contribution in [0.5, 0.6) is 0 Å². The third-order valence-electron chi connectivity index (χ3n) is 4.06.